The van der Waals surface area contributed by atoms with E-state index in [1.807, 2.05) is 12.1 Å². The zero-order valence-electron chi connectivity index (χ0n) is 13.5. The van der Waals surface area contributed by atoms with Gasteiger partial charge in [0, 0.05) is 25.2 Å². The number of pyridine rings is 1. The molecule has 128 valence electrons. The second-order valence-corrected chi connectivity index (χ2v) is 7.08. The van der Waals surface area contributed by atoms with Crippen LogP contribution >= 0.6 is 11.3 Å². The molecule has 0 spiro atoms. The molecule has 25 heavy (non-hydrogen) atoms. The van der Waals surface area contributed by atoms with Crippen molar-refractivity contribution in [3.63, 3.8) is 0 Å². The van der Waals surface area contributed by atoms with E-state index in [4.69, 9.17) is 0 Å². The standard InChI is InChI=1S/C18H17FN4OS/c19-14-4-1-5-15-16(14)22-18(25-15)23-9-6-12(7-10-23)17(24)21-13-3-2-8-20-11-13/h1-5,8,11-12H,6-7,9-10H2,(H,21,24). The van der Waals surface area contributed by atoms with Gasteiger partial charge in [-0.25, -0.2) is 9.37 Å². The average molecular weight is 356 g/mol. The van der Waals surface area contributed by atoms with Gasteiger partial charge in [0.2, 0.25) is 5.91 Å². The molecule has 0 unspecified atom stereocenters. The number of fused-ring (bicyclic) bond motifs is 1. The lowest BCUT2D eigenvalue weighted by Gasteiger charge is -2.30. The third-order valence-corrected chi connectivity index (χ3v) is 5.51. The fraction of sp³-hybridized carbons (Fsp3) is 0.278. The quantitative estimate of drug-likeness (QED) is 0.778. The van der Waals surface area contributed by atoms with Crippen molar-refractivity contribution in [3.05, 3.63) is 48.5 Å². The lowest BCUT2D eigenvalue weighted by molar-refractivity contribution is -0.120. The molecule has 1 saturated heterocycles. The summed E-state index contributed by atoms with van der Waals surface area (Å²) in [6.45, 7) is 1.49. The topological polar surface area (TPSA) is 58.1 Å². The number of hydrogen-bond donors (Lipinski definition) is 1. The van der Waals surface area contributed by atoms with Crippen LogP contribution in [0.2, 0.25) is 0 Å². The van der Waals surface area contributed by atoms with Gasteiger partial charge in [-0.15, -0.1) is 0 Å². The zero-order valence-corrected chi connectivity index (χ0v) is 14.3. The number of benzene rings is 1. The molecule has 1 N–H and O–H groups in total. The maximum atomic E-state index is 13.8. The molecule has 7 heteroatoms. The van der Waals surface area contributed by atoms with Gasteiger partial charge in [-0.2, -0.15) is 0 Å². The second kappa shape index (κ2) is 6.76. The Balaban J connectivity index is 1.40. The minimum absolute atomic E-state index is 0.0254. The molecule has 1 fully saturated rings. The number of aromatic nitrogens is 2. The van der Waals surface area contributed by atoms with Crippen LogP contribution in [-0.4, -0.2) is 29.0 Å². The number of nitrogens with zero attached hydrogens (tertiary/aromatic N) is 3. The number of carbonyl (C=O) groups is 1. The number of rotatable bonds is 3. The van der Waals surface area contributed by atoms with Gasteiger partial charge < -0.3 is 10.2 Å². The van der Waals surface area contributed by atoms with E-state index in [1.54, 1.807) is 24.5 Å². The van der Waals surface area contributed by atoms with E-state index in [-0.39, 0.29) is 17.6 Å². The van der Waals surface area contributed by atoms with Gasteiger partial charge in [0.1, 0.15) is 11.3 Å². The molecule has 3 aromatic rings. The first-order valence-electron chi connectivity index (χ1n) is 8.21. The maximum absolute atomic E-state index is 13.8. The Bertz CT molecular complexity index is 890. The Morgan fingerprint density at radius 2 is 2.08 bits per heavy atom. The first-order valence-corrected chi connectivity index (χ1v) is 9.03. The highest BCUT2D eigenvalue weighted by Gasteiger charge is 2.26. The number of piperidine rings is 1. The Morgan fingerprint density at radius 1 is 1.24 bits per heavy atom. The van der Waals surface area contributed by atoms with Crippen molar-refractivity contribution in [2.45, 2.75) is 12.8 Å². The number of nitrogens with one attached hydrogen (secondary N) is 1. The summed E-state index contributed by atoms with van der Waals surface area (Å²) in [4.78, 5) is 22.9. The first-order chi connectivity index (χ1) is 12.2. The minimum Gasteiger partial charge on any atom is -0.348 e. The van der Waals surface area contributed by atoms with Gasteiger partial charge in [-0.3, -0.25) is 9.78 Å². The fourth-order valence-electron chi connectivity index (χ4n) is 3.05. The third kappa shape index (κ3) is 3.32. The summed E-state index contributed by atoms with van der Waals surface area (Å²) in [5, 5.41) is 3.74. The molecule has 1 aliphatic heterocycles. The number of thiazole rings is 1. The molecule has 2 aromatic heterocycles. The largest absolute Gasteiger partial charge is 0.348 e. The summed E-state index contributed by atoms with van der Waals surface area (Å²) in [5.41, 5.74) is 1.15. The molecular formula is C18H17FN4OS. The van der Waals surface area contributed by atoms with Crippen LogP contribution in [-0.2, 0) is 4.79 Å². The molecule has 1 aliphatic rings. The molecule has 3 heterocycles. The van der Waals surface area contributed by atoms with Crippen LogP contribution in [0, 0.1) is 11.7 Å². The first kappa shape index (κ1) is 16.0. The fourth-order valence-corrected chi connectivity index (χ4v) is 4.08. The van der Waals surface area contributed by atoms with Crippen molar-refractivity contribution >= 4 is 38.3 Å². The van der Waals surface area contributed by atoms with Gasteiger partial charge in [0.15, 0.2) is 5.13 Å². The van der Waals surface area contributed by atoms with Gasteiger partial charge in [0.05, 0.1) is 16.6 Å². The summed E-state index contributed by atoms with van der Waals surface area (Å²) in [6, 6.07) is 8.64. The number of anilines is 2. The Labute approximate surface area is 148 Å². The highest BCUT2D eigenvalue weighted by Crippen LogP contribution is 2.32. The van der Waals surface area contributed by atoms with E-state index in [2.05, 4.69) is 20.2 Å². The second-order valence-electron chi connectivity index (χ2n) is 6.08. The molecule has 1 amide bonds. The number of carbonyl (C=O) groups excluding carboxylic acids is 1. The maximum Gasteiger partial charge on any atom is 0.227 e. The highest BCUT2D eigenvalue weighted by molar-refractivity contribution is 7.22. The molecule has 4 rings (SSSR count). The molecule has 0 aliphatic carbocycles. The van der Waals surface area contributed by atoms with Crippen molar-refractivity contribution in [3.8, 4) is 0 Å². The van der Waals surface area contributed by atoms with E-state index >= 15 is 0 Å². The lowest BCUT2D eigenvalue weighted by atomic mass is 9.96. The minimum atomic E-state index is -0.286. The van der Waals surface area contributed by atoms with Crippen molar-refractivity contribution in [1.29, 1.82) is 0 Å². The summed E-state index contributed by atoms with van der Waals surface area (Å²) >= 11 is 1.50. The smallest absolute Gasteiger partial charge is 0.227 e. The molecule has 0 bridgehead atoms. The van der Waals surface area contributed by atoms with Crippen molar-refractivity contribution in [1.82, 2.24) is 9.97 Å². The average Bonchev–Trinajstić information content (AvgIpc) is 3.08. The molecule has 0 atom stereocenters. The van der Waals surface area contributed by atoms with Gasteiger partial charge in [0.25, 0.3) is 0 Å². The molecule has 1 aromatic carbocycles. The molecule has 0 radical (unpaired) electrons. The molecular weight excluding hydrogens is 339 g/mol. The molecule has 5 nitrogen and oxygen atoms in total. The SMILES string of the molecule is O=C(Nc1cccnc1)C1CCN(c2nc3c(F)cccc3s2)CC1. The number of amides is 1. The lowest BCUT2D eigenvalue weighted by Crippen LogP contribution is -2.38. The Kier molecular flexibility index (Phi) is 4.31. The summed E-state index contributed by atoms with van der Waals surface area (Å²) in [6.07, 6.45) is 4.83. The van der Waals surface area contributed by atoms with Crippen LogP contribution in [0.25, 0.3) is 10.2 Å². The van der Waals surface area contributed by atoms with Crippen molar-refractivity contribution in [2.24, 2.45) is 5.92 Å². The normalized spacial score (nSPS) is 15.5. The van der Waals surface area contributed by atoms with Crippen LogP contribution < -0.4 is 10.2 Å². The number of hydrogen-bond acceptors (Lipinski definition) is 5. The molecule has 0 saturated carbocycles. The Hall–Kier alpha value is -2.54. The van der Waals surface area contributed by atoms with Crippen LogP contribution in [0.4, 0.5) is 15.2 Å². The van der Waals surface area contributed by atoms with Gasteiger partial charge >= 0.3 is 0 Å². The summed E-state index contributed by atoms with van der Waals surface area (Å²) in [7, 11) is 0. The monoisotopic (exact) mass is 356 g/mol. The van der Waals surface area contributed by atoms with Gasteiger partial charge in [-0.1, -0.05) is 17.4 Å². The Morgan fingerprint density at radius 3 is 2.80 bits per heavy atom. The van der Waals surface area contributed by atoms with E-state index in [1.165, 1.54) is 17.4 Å². The van der Waals surface area contributed by atoms with Gasteiger partial charge in [-0.05, 0) is 37.1 Å². The summed E-state index contributed by atoms with van der Waals surface area (Å²) in [5.74, 6) is -0.281. The van der Waals surface area contributed by atoms with E-state index < -0.39 is 0 Å². The van der Waals surface area contributed by atoms with Crippen LogP contribution in [0.3, 0.4) is 0 Å². The third-order valence-electron chi connectivity index (χ3n) is 4.42. The number of para-hydroxylation sites is 1. The van der Waals surface area contributed by atoms with Crippen molar-refractivity contribution < 1.29 is 9.18 Å². The van der Waals surface area contributed by atoms with Crippen molar-refractivity contribution in [2.75, 3.05) is 23.3 Å². The van der Waals surface area contributed by atoms with E-state index in [0.29, 0.717) is 5.52 Å². The number of halogens is 1. The van der Waals surface area contributed by atoms with Crippen LogP contribution in [0.1, 0.15) is 12.8 Å². The van der Waals surface area contributed by atoms with Crippen LogP contribution in [0.15, 0.2) is 42.7 Å². The van der Waals surface area contributed by atoms with E-state index in [9.17, 15) is 9.18 Å². The van der Waals surface area contributed by atoms with E-state index in [0.717, 1.165) is 41.5 Å². The summed E-state index contributed by atoms with van der Waals surface area (Å²) < 4.78 is 14.7. The zero-order chi connectivity index (χ0) is 17.2. The van der Waals surface area contributed by atoms with Crippen LogP contribution in [0.5, 0.6) is 0 Å². The highest BCUT2D eigenvalue weighted by atomic mass is 32.1. The predicted octanol–water partition coefficient (Wildman–Crippen LogP) is 3.69. The predicted molar refractivity (Wildman–Crippen MR) is 97.4 cm³/mol.